The van der Waals surface area contributed by atoms with Gasteiger partial charge in [-0.15, -0.1) is 0 Å². The lowest BCUT2D eigenvalue weighted by atomic mass is 9.65. The van der Waals surface area contributed by atoms with Gasteiger partial charge in [-0.1, -0.05) is 36.8 Å². The first-order valence-electron chi connectivity index (χ1n) is 11.2. The third-order valence-electron chi connectivity index (χ3n) is 7.49. The van der Waals surface area contributed by atoms with E-state index in [-0.39, 0.29) is 5.92 Å². The van der Waals surface area contributed by atoms with E-state index < -0.39 is 0 Å². The number of hydrogen-bond acceptors (Lipinski definition) is 4. The molecule has 1 saturated heterocycles. The first-order valence-corrected chi connectivity index (χ1v) is 11.2. The van der Waals surface area contributed by atoms with E-state index in [2.05, 4.69) is 15.1 Å². The first kappa shape index (κ1) is 18.8. The van der Waals surface area contributed by atoms with Crippen molar-refractivity contribution < 1.29 is 4.79 Å². The van der Waals surface area contributed by atoms with Gasteiger partial charge in [0.1, 0.15) is 5.82 Å². The number of H-pyrrole nitrogens is 1. The molecule has 1 aliphatic heterocycles. The lowest BCUT2D eigenvalue weighted by Crippen LogP contribution is -2.50. The maximum atomic E-state index is 13.2. The van der Waals surface area contributed by atoms with Crippen LogP contribution in [0.25, 0.3) is 11.4 Å². The highest BCUT2D eigenvalue weighted by atomic mass is 16.2. The van der Waals surface area contributed by atoms with Crippen LogP contribution in [-0.2, 0) is 4.79 Å². The van der Waals surface area contributed by atoms with Gasteiger partial charge in [-0.2, -0.15) is 5.10 Å². The van der Waals surface area contributed by atoms with Crippen LogP contribution in [-0.4, -0.2) is 45.1 Å². The van der Waals surface area contributed by atoms with Gasteiger partial charge < -0.3 is 10.6 Å². The number of nitrogens with one attached hydrogen (secondary N) is 1. The zero-order valence-electron chi connectivity index (χ0n) is 17.0. The summed E-state index contributed by atoms with van der Waals surface area (Å²) in [7, 11) is 0. The normalized spacial score (nSPS) is 30.3. The molecule has 154 valence electrons. The number of benzene rings is 1. The first-order chi connectivity index (χ1) is 14.2. The summed E-state index contributed by atoms with van der Waals surface area (Å²) in [4.78, 5) is 20.0. The molecule has 29 heavy (non-hydrogen) atoms. The van der Waals surface area contributed by atoms with Crippen molar-refractivity contribution in [2.24, 2.45) is 23.5 Å². The molecule has 1 amide bonds. The SMILES string of the molecule is NC1C2CCCC1CC(C(=O)N1CCC(c3nc(-c4ccccc4)n[nH]3)CC1)C2. The number of piperidine rings is 1. The number of nitrogens with zero attached hydrogens (tertiary/aromatic N) is 3. The number of rotatable bonds is 3. The fraction of sp³-hybridized carbons (Fsp3) is 0.609. The van der Waals surface area contributed by atoms with Crippen molar-refractivity contribution in [3.8, 4) is 11.4 Å². The van der Waals surface area contributed by atoms with Crippen LogP contribution >= 0.6 is 0 Å². The van der Waals surface area contributed by atoms with Crippen LogP contribution in [0.15, 0.2) is 30.3 Å². The predicted molar refractivity (Wildman–Crippen MR) is 112 cm³/mol. The third-order valence-corrected chi connectivity index (χ3v) is 7.49. The minimum absolute atomic E-state index is 0.191. The zero-order chi connectivity index (χ0) is 19.8. The Balaban J connectivity index is 1.19. The third kappa shape index (κ3) is 3.70. The maximum absolute atomic E-state index is 13.2. The lowest BCUT2D eigenvalue weighted by Gasteiger charge is -2.45. The van der Waals surface area contributed by atoms with Crippen LogP contribution in [0, 0.1) is 17.8 Å². The van der Waals surface area contributed by atoms with Crippen LogP contribution in [0.5, 0.6) is 0 Å². The van der Waals surface area contributed by atoms with Crippen LogP contribution in [0.4, 0.5) is 0 Å². The summed E-state index contributed by atoms with van der Waals surface area (Å²) in [5.41, 5.74) is 7.44. The van der Waals surface area contributed by atoms with Crippen molar-refractivity contribution in [1.29, 1.82) is 0 Å². The highest BCUT2D eigenvalue weighted by Crippen LogP contribution is 2.42. The van der Waals surface area contributed by atoms with Gasteiger partial charge in [-0.3, -0.25) is 9.89 Å². The summed E-state index contributed by atoms with van der Waals surface area (Å²) in [6, 6.07) is 10.4. The van der Waals surface area contributed by atoms with Gasteiger partial charge in [0.05, 0.1) is 0 Å². The van der Waals surface area contributed by atoms with Crippen LogP contribution in [0.3, 0.4) is 0 Å². The standard InChI is InChI=1S/C23H31N5O/c24-20-17-7-4-8-18(20)14-19(13-17)23(29)28-11-9-16(10-12-28)22-25-21(26-27-22)15-5-2-1-3-6-15/h1-3,5-6,16-20H,4,7-14,24H2,(H,25,26,27). The molecule has 0 radical (unpaired) electrons. The minimum Gasteiger partial charge on any atom is -0.342 e. The predicted octanol–water partition coefficient (Wildman–Crippen LogP) is 3.33. The average molecular weight is 394 g/mol. The molecule has 6 heteroatoms. The Kier molecular flexibility index (Phi) is 5.12. The Labute approximate surface area is 172 Å². The Morgan fingerprint density at radius 2 is 1.72 bits per heavy atom. The van der Waals surface area contributed by atoms with Crippen molar-refractivity contribution in [2.75, 3.05) is 13.1 Å². The molecule has 2 bridgehead atoms. The number of likely N-dealkylation sites (tertiary alicyclic amines) is 1. The van der Waals surface area contributed by atoms with Gasteiger partial charge in [-0.25, -0.2) is 4.98 Å². The summed E-state index contributed by atoms with van der Waals surface area (Å²) in [5, 5.41) is 7.53. The van der Waals surface area contributed by atoms with E-state index in [9.17, 15) is 4.79 Å². The Hall–Kier alpha value is -2.21. The highest BCUT2D eigenvalue weighted by Gasteiger charge is 2.42. The summed E-state index contributed by atoms with van der Waals surface area (Å²) < 4.78 is 0. The largest absolute Gasteiger partial charge is 0.342 e. The zero-order valence-corrected chi connectivity index (χ0v) is 17.0. The molecule has 2 heterocycles. The second-order valence-corrected chi connectivity index (χ2v) is 9.21. The average Bonchev–Trinajstić information content (AvgIpc) is 3.24. The van der Waals surface area contributed by atoms with Crippen LogP contribution in [0.1, 0.15) is 56.7 Å². The van der Waals surface area contributed by atoms with Gasteiger partial charge in [0.25, 0.3) is 0 Å². The van der Waals surface area contributed by atoms with Crippen LogP contribution < -0.4 is 5.73 Å². The molecule has 6 nitrogen and oxygen atoms in total. The van der Waals surface area contributed by atoms with E-state index in [0.29, 0.717) is 29.7 Å². The molecule has 2 aromatic rings. The van der Waals surface area contributed by atoms with E-state index in [1.165, 1.54) is 19.3 Å². The van der Waals surface area contributed by atoms with Crippen molar-refractivity contribution >= 4 is 5.91 Å². The number of aromatic amines is 1. The number of amides is 1. The van der Waals surface area contributed by atoms with Crippen molar-refractivity contribution in [1.82, 2.24) is 20.1 Å². The fourth-order valence-corrected chi connectivity index (χ4v) is 5.80. The number of nitrogens with two attached hydrogens (primary N) is 1. The van der Waals surface area contributed by atoms with Gasteiger partial charge in [0.15, 0.2) is 5.82 Å². The molecule has 3 N–H and O–H groups in total. The number of aromatic nitrogens is 3. The maximum Gasteiger partial charge on any atom is 0.225 e. The molecule has 3 fully saturated rings. The van der Waals surface area contributed by atoms with Crippen molar-refractivity contribution in [3.63, 3.8) is 0 Å². The van der Waals surface area contributed by atoms with Crippen molar-refractivity contribution in [2.45, 2.75) is 56.9 Å². The van der Waals surface area contributed by atoms with Crippen molar-refractivity contribution in [3.05, 3.63) is 36.2 Å². The van der Waals surface area contributed by atoms with E-state index >= 15 is 0 Å². The molecule has 2 aliphatic carbocycles. The molecule has 2 unspecified atom stereocenters. The number of hydrogen-bond donors (Lipinski definition) is 2. The second-order valence-electron chi connectivity index (χ2n) is 9.21. The number of fused-ring (bicyclic) bond motifs is 2. The minimum atomic E-state index is 0.191. The molecule has 5 rings (SSSR count). The van der Waals surface area contributed by atoms with E-state index in [4.69, 9.17) is 10.7 Å². The fourth-order valence-electron chi connectivity index (χ4n) is 5.80. The van der Waals surface area contributed by atoms with Gasteiger partial charge in [0, 0.05) is 36.5 Å². The molecule has 3 aliphatic rings. The monoisotopic (exact) mass is 393 g/mol. The Morgan fingerprint density at radius 1 is 1.03 bits per heavy atom. The molecule has 2 atom stereocenters. The molecular weight excluding hydrogens is 362 g/mol. The summed E-state index contributed by atoms with van der Waals surface area (Å²) >= 11 is 0. The lowest BCUT2D eigenvalue weighted by molar-refractivity contribution is -0.139. The summed E-state index contributed by atoms with van der Waals surface area (Å²) in [5.74, 6) is 3.73. The van der Waals surface area contributed by atoms with E-state index in [0.717, 1.165) is 56.0 Å². The quantitative estimate of drug-likeness (QED) is 0.837. The molecule has 2 saturated carbocycles. The number of carbonyl (C=O) groups excluding carboxylic acids is 1. The van der Waals surface area contributed by atoms with E-state index in [1.807, 2.05) is 30.3 Å². The van der Waals surface area contributed by atoms with Crippen LogP contribution in [0.2, 0.25) is 0 Å². The summed E-state index contributed by atoms with van der Waals surface area (Å²) in [6.45, 7) is 1.64. The highest BCUT2D eigenvalue weighted by molar-refractivity contribution is 5.79. The second kappa shape index (κ2) is 7.90. The molecule has 1 aromatic heterocycles. The van der Waals surface area contributed by atoms with E-state index in [1.54, 1.807) is 0 Å². The van der Waals surface area contributed by atoms with Gasteiger partial charge in [-0.05, 0) is 50.4 Å². The summed E-state index contributed by atoms with van der Waals surface area (Å²) in [6.07, 6.45) is 7.61. The molecule has 0 spiro atoms. The Bertz CT molecular complexity index is 828. The van der Waals surface area contributed by atoms with Gasteiger partial charge >= 0.3 is 0 Å². The molecule has 1 aromatic carbocycles. The number of carbonyl (C=O) groups is 1. The van der Waals surface area contributed by atoms with Gasteiger partial charge in [0.2, 0.25) is 5.91 Å². The molecular formula is C23H31N5O. The topological polar surface area (TPSA) is 87.9 Å². The Morgan fingerprint density at radius 3 is 2.41 bits per heavy atom. The smallest absolute Gasteiger partial charge is 0.225 e.